The van der Waals surface area contributed by atoms with Crippen molar-refractivity contribution in [2.75, 3.05) is 59.1 Å². The van der Waals surface area contributed by atoms with Gasteiger partial charge < -0.3 is 122 Å². The van der Waals surface area contributed by atoms with Crippen molar-refractivity contribution in [3.8, 4) is 5.75 Å². The summed E-state index contributed by atoms with van der Waals surface area (Å²) in [5.41, 5.74) is 17.6. The molecule has 0 bridgehead atoms. The first-order valence-corrected chi connectivity index (χ1v) is 24.0. The molecule has 0 aromatic heterocycles. The van der Waals surface area contributed by atoms with Gasteiger partial charge in [-0.05, 0) is 103 Å². The highest BCUT2D eigenvalue weighted by Crippen LogP contribution is 2.35. The summed E-state index contributed by atoms with van der Waals surface area (Å²) in [5, 5.41) is 110. The number of hydrogen-bond donors (Lipinski definition) is 16. The molecule has 20 atom stereocenters. The summed E-state index contributed by atoms with van der Waals surface area (Å²) >= 11 is 0. The molecule has 0 saturated carbocycles. The lowest BCUT2D eigenvalue weighted by Crippen LogP contribution is -2.69. The number of nitrogens with one attached hydrogen (secondary N) is 4. The summed E-state index contributed by atoms with van der Waals surface area (Å²) in [6.45, 7) is 5.26. The lowest BCUT2D eigenvalue weighted by molar-refractivity contribution is -0.376. The third-order valence-electron chi connectivity index (χ3n) is 12.6. The number of aliphatic hydroxyl groups is 9. The Morgan fingerprint density at radius 3 is 1.74 bits per heavy atom. The van der Waals surface area contributed by atoms with E-state index in [9.17, 15) is 55.5 Å². The Bertz CT molecular complexity index is 1700. The van der Waals surface area contributed by atoms with Crippen molar-refractivity contribution in [1.82, 2.24) is 21.3 Å². The molecule has 2 amide bonds. The normalized spacial score (nSPS) is 37.2. The predicted octanol–water partition coefficient (Wildman–Crippen LogP) is -6.74. The van der Waals surface area contributed by atoms with Crippen molar-refractivity contribution in [3.05, 3.63) is 29.8 Å². The van der Waals surface area contributed by atoms with Crippen molar-refractivity contribution >= 4 is 11.8 Å². The minimum absolute atomic E-state index is 0.191. The van der Waals surface area contributed by atoms with E-state index < -0.39 is 148 Å². The van der Waals surface area contributed by atoms with E-state index in [1.54, 1.807) is 0 Å². The first kappa shape index (κ1) is 58.0. The highest BCUT2D eigenvalue weighted by Gasteiger charge is 2.55. The van der Waals surface area contributed by atoms with Crippen LogP contribution >= 0.6 is 0 Å². The van der Waals surface area contributed by atoms with Gasteiger partial charge in [-0.15, -0.1) is 0 Å². The number of benzene rings is 1. The van der Waals surface area contributed by atoms with Crippen molar-refractivity contribution in [3.63, 3.8) is 0 Å². The molecule has 0 spiro atoms. The van der Waals surface area contributed by atoms with E-state index >= 15 is 0 Å². The molecular weight excluding hydrogens is 931 g/mol. The molecule has 0 radical (unpaired) electrons. The molecule has 4 heterocycles. The van der Waals surface area contributed by atoms with Gasteiger partial charge in [-0.3, -0.25) is 9.59 Å². The summed E-state index contributed by atoms with van der Waals surface area (Å²) in [7, 11) is 0. The maximum atomic E-state index is 12.8. The Morgan fingerprint density at radius 1 is 0.629 bits per heavy atom. The number of amides is 2. The zero-order chi connectivity index (χ0) is 51.1. The smallest absolute Gasteiger partial charge is 0.251 e. The maximum absolute atomic E-state index is 12.8. The van der Waals surface area contributed by atoms with Crippen LogP contribution in [0, 0.1) is 0 Å². The van der Waals surface area contributed by atoms with Gasteiger partial charge in [-0.25, -0.2) is 0 Å². The van der Waals surface area contributed by atoms with Crippen LogP contribution in [0.5, 0.6) is 5.75 Å². The summed E-state index contributed by atoms with van der Waals surface area (Å²) in [5.74, 6) is -0.796. The SMILES string of the molecule is C[C@@H](N)C(=O)N[C@@H]1[C@@H](O[C@@H]2[C@H](O)[C@@H](O)[C@H](O[C@@H]3[C@@H](O)[C@H](O[C@H]4[C@@H](O)[C@@H](Oc5ccc(C(=O)NCCCNCCCCNCCCCN)cc5)O[C@H]4CO)O[C@H](CO)[C@H]3O)O[C@H]2CO)O[C@H](C)[C@H](N)[C@@H]1O. The van der Waals surface area contributed by atoms with E-state index in [0.29, 0.717) is 18.7 Å². The Labute approximate surface area is 406 Å². The van der Waals surface area contributed by atoms with Crippen LogP contribution in [0.4, 0.5) is 0 Å². The lowest BCUT2D eigenvalue weighted by atomic mass is 9.94. The molecule has 4 aliphatic rings. The van der Waals surface area contributed by atoms with Crippen LogP contribution in [-0.4, -0.2) is 239 Å². The highest BCUT2D eigenvalue weighted by molar-refractivity contribution is 5.94. The number of nitrogens with two attached hydrogens (primary N) is 3. The Morgan fingerprint density at radius 2 is 1.14 bits per heavy atom. The molecule has 4 aliphatic heterocycles. The van der Waals surface area contributed by atoms with Gasteiger partial charge in [0.1, 0.15) is 78.9 Å². The summed E-state index contributed by atoms with van der Waals surface area (Å²) in [6, 6.07) is 2.72. The molecule has 1 aromatic carbocycles. The number of hydrogen-bond acceptors (Lipinski definition) is 24. The molecular formula is C44H77N7O19. The Kier molecular flexibility index (Phi) is 23.7. The average Bonchev–Trinajstić information content (AvgIpc) is 3.64. The number of rotatable bonds is 27. The van der Waals surface area contributed by atoms with Crippen LogP contribution in [0.15, 0.2) is 24.3 Å². The van der Waals surface area contributed by atoms with Crippen molar-refractivity contribution in [1.29, 1.82) is 0 Å². The third kappa shape index (κ3) is 15.3. The van der Waals surface area contributed by atoms with Gasteiger partial charge in [0.05, 0.1) is 44.1 Å². The van der Waals surface area contributed by atoms with E-state index in [4.69, 9.17) is 55.1 Å². The van der Waals surface area contributed by atoms with E-state index in [1.807, 2.05) is 0 Å². The van der Waals surface area contributed by atoms with E-state index in [0.717, 1.165) is 58.3 Å². The van der Waals surface area contributed by atoms with Crippen molar-refractivity contribution in [2.24, 2.45) is 17.2 Å². The van der Waals surface area contributed by atoms with E-state index in [1.165, 1.54) is 38.1 Å². The average molecular weight is 1010 g/mol. The second-order valence-electron chi connectivity index (χ2n) is 18.0. The second-order valence-corrected chi connectivity index (χ2v) is 18.0. The molecule has 26 heteroatoms. The predicted molar refractivity (Wildman–Crippen MR) is 243 cm³/mol. The Hall–Kier alpha value is -2.88. The van der Waals surface area contributed by atoms with Crippen LogP contribution in [0.1, 0.15) is 56.3 Å². The molecule has 0 aliphatic carbocycles. The number of aliphatic hydroxyl groups excluding tert-OH is 9. The molecule has 19 N–H and O–H groups in total. The van der Waals surface area contributed by atoms with Gasteiger partial charge in [-0.1, -0.05) is 0 Å². The van der Waals surface area contributed by atoms with Crippen LogP contribution < -0.4 is 43.2 Å². The minimum Gasteiger partial charge on any atom is -0.462 e. The molecule has 4 fully saturated rings. The minimum atomic E-state index is -2.02. The number of ether oxygens (including phenoxy) is 8. The quantitative estimate of drug-likeness (QED) is 0.0364. The monoisotopic (exact) mass is 1010 g/mol. The molecule has 4 saturated heterocycles. The van der Waals surface area contributed by atoms with Crippen LogP contribution in [0.2, 0.25) is 0 Å². The number of carbonyl (C=O) groups excluding carboxylic acids is 2. The van der Waals surface area contributed by atoms with Gasteiger partial charge >= 0.3 is 0 Å². The topological polar surface area (TPSA) is 416 Å². The van der Waals surface area contributed by atoms with Gasteiger partial charge in [0.15, 0.2) is 18.9 Å². The van der Waals surface area contributed by atoms with Crippen molar-refractivity contribution < 1.29 is 93.4 Å². The van der Waals surface area contributed by atoms with Crippen molar-refractivity contribution in [2.45, 2.75) is 169 Å². The molecule has 70 heavy (non-hydrogen) atoms. The summed E-state index contributed by atoms with van der Waals surface area (Å²) in [6.07, 6.45) is -22.5. The van der Waals surface area contributed by atoms with Crippen LogP contribution in [0.25, 0.3) is 0 Å². The zero-order valence-corrected chi connectivity index (χ0v) is 39.6. The first-order valence-electron chi connectivity index (χ1n) is 24.0. The Balaban J connectivity index is 1.13. The number of unbranched alkanes of at least 4 members (excludes halogenated alkanes) is 2. The zero-order valence-electron chi connectivity index (χ0n) is 39.6. The molecule has 0 unspecified atom stereocenters. The fourth-order valence-electron chi connectivity index (χ4n) is 8.35. The standard InChI is InChI=1S/C44H77N7O19/c1-21(46)39(61)51-29-31(56)28(47)22(2)63-41(29)68-36-26(19-53)66-42(33(58)32(36)57)70-38-30(55)25(18-52)65-44(35(38)60)69-37-27(20-54)67-43(34(37)59)64-24-10-8-23(9-11-24)40(62)50-17-7-16-49-15-6-5-14-48-13-4-3-12-45/h8-11,21-22,25-38,41-44,48-49,52-60H,3-7,12-20,45-47H2,1-2H3,(H,50,62)(H,51,61)/t21-,22-,25-,26+,27+,28+,29+,30-,31+,32-,33-,34-,35-,36+,37-,38+,41-,42+,43+,44+/m1/s1. The summed E-state index contributed by atoms with van der Waals surface area (Å²) in [4.78, 5) is 25.3. The van der Waals surface area contributed by atoms with Crippen LogP contribution in [0.3, 0.4) is 0 Å². The molecule has 402 valence electrons. The molecule has 1 aromatic rings. The van der Waals surface area contributed by atoms with Gasteiger partial charge in [0, 0.05) is 12.1 Å². The van der Waals surface area contributed by atoms with Gasteiger partial charge in [-0.2, -0.15) is 0 Å². The van der Waals surface area contributed by atoms with E-state index in [-0.39, 0.29) is 11.7 Å². The van der Waals surface area contributed by atoms with Crippen LogP contribution in [-0.2, 0) is 38.0 Å². The third-order valence-corrected chi connectivity index (χ3v) is 12.6. The fraction of sp³-hybridized carbons (Fsp3) is 0.818. The second kappa shape index (κ2) is 28.5. The summed E-state index contributed by atoms with van der Waals surface area (Å²) < 4.78 is 46.5. The maximum Gasteiger partial charge on any atom is 0.251 e. The fourth-order valence-corrected chi connectivity index (χ4v) is 8.35. The number of carbonyl (C=O) groups is 2. The van der Waals surface area contributed by atoms with Gasteiger partial charge in [0.25, 0.3) is 5.91 Å². The van der Waals surface area contributed by atoms with E-state index in [2.05, 4.69) is 21.3 Å². The first-order chi connectivity index (χ1) is 33.5. The lowest BCUT2D eigenvalue weighted by Gasteiger charge is -2.49. The van der Waals surface area contributed by atoms with Gasteiger partial charge in [0.2, 0.25) is 12.2 Å². The highest BCUT2D eigenvalue weighted by atomic mass is 16.8. The largest absolute Gasteiger partial charge is 0.462 e. The molecule has 5 rings (SSSR count). The molecule has 26 nitrogen and oxygen atoms in total.